The molecule has 26 heavy (non-hydrogen) atoms. The fraction of sp³-hybridized carbons (Fsp3) is 0.316. The summed E-state index contributed by atoms with van der Waals surface area (Å²) >= 11 is 0. The lowest BCUT2D eigenvalue weighted by molar-refractivity contribution is -0.123. The van der Waals surface area contributed by atoms with E-state index in [1.807, 2.05) is 18.2 Å². The molecular weight excluding hydrogens is 332 g/mol. The zero-order chi connectivity index (χ0) is 17.6. The molecule has 1 atom stereocenters. The van der Waals surface area contributed by atoms with Crippen LogP contribution in [0.15, 0.2) is 51.6 Å². The SMILES string of the molecule is O=C1Nc2ccccc2C12CCCN(Cc1nc(-c3ccco3)no1)C2. The van der Waals surface area contributed by atoms with Crippen molar-refractivity contribution >= 4 is 11.6 Å². The van der Waals surface area contributed by atoms with Gasteiger partial charge in [-0.15, -0.1) is 0 Å². The van der Waals surface area contributed by atoms with Gasteiger partial charge >= 0.3 is 0 Å². The summed E-state index contributed by atoms with van der Waals surface area (Å²) in [6, 6.07) is 11.5. The Labute approximate surface area is 150 Å². The van der Waals surface area contributed by atoms with Gasteiger partial charge < -0.3 is 14.3 Å². The van der Waals surface area contributed by atoms with Gasteiger partial charge in [-0.25, -0.2) is 0 Å². The van der Waals surface area contributed by atoms with Gasteiger partial charge in [0.15, 0.2) is 5.76 Å². The molecule has 7 nitrogen and oxygen atoms in total. The molecular formula is C19H18N4O3. The maximum atomic E-state index is 12.8. The highest BCUT2D eigenvalue weighted by Gasteiger charge is 2.49. The summed E-state index contributed by atoms with van der Waals surface area (Å²) in [6.07, 6.45) is 3.38. The number of piperidine rings is 1. The molecule has 1 spiro atoms. The van der Waals surface area contributed by atoms with Gasteiger partial charge in [-0.05, 0) is 43.1 Å². The summed E-state index contributed by atoms with van der Waals surface area (Å²) in [5.41, 5.74) is 1.53. The Morgan fingerprint density at radius 1 is 1.23 bits per heavy atom. The molecule has 3 aromatic rings. The minimum absolute atomic E-state index is 0.0882. The van der Waals surface area contributed by atoms with Crippen molar-refractivity contribution in [2.24, 2.45) is 0 Å². The van der Waals surface area contributed by atoms with Crippen LogP contribution in [-0.2, 0) is 16.8 Å². The van der Waals surface area contributed by atoms with Gasteiger partial charge in [0.05, 0.1) is 18.2 Å². The average Bonchev–Trinajstić information content (AvgIpc) is 3.37. The van der Waals surface area contributed by atoms with Crippen molar-refractivity contribution in [3.8, 4) is 11.6 Å². The van der Waals surface area contributed by atoms with Crippen LogP contribution in [0.25, 0.3) is 11.6 Å². The molecule has 2 aromatic heterocycles. The average molecular weight is 350 g/mol. The molecule has 0 aliphatic carbocycles. The molecule has 0 saturated carbocycles. The number of aromatic nitrogens is 2. The second-order valence-electron chi connectivity index (χ2n) is 6.89. The van der Waals surface area contributed by atoms with Crippen LogP contribution in [0.2, 0.25) is 0 Å². The van der Waals surface area contributed by atoms with E-state index in [4.69, 9.17) is 8.94 Å². The number of carbonyl (C=O) groups is 1. The summed E-state index contributed by atoms with van der Waals surface area (Å²) in [7, 11) is 0. The van der Waals surface area contributed by atoms with Crippen molar-refractivity contribution < 1.29 is 13.7 Å². The van der Waals surface area contributed by atoms with E-state index in [1.54, 1.807) is 18.4 Å². The van der Waals surface area contributed by atoms with Crippen molar-refractivity contribution in [1.29, 1.82) is 0 Å². The Kier molecular flexibility index (Phi) is 3.43. The monoisotopic (exact) mass is 350 g/mol. The molecule has 2 aliphatic heterocycles. The smallest absolute Gasteiger partial charge is 0.241 e. The minimum atomic E-state index is -0.487. The summed E-state index contributed by atoms with van der Waals surface area (Å²) in [4.78, 5) is 19.4. The highest BCUT2D eigenvalue weighted by Crippen LogP contribution is 2.43. The molecule has 4 heterocycles. The molecule has 1 fully saturated rings. The van der Waals surface area contributed by atoms with Gasteiger partial charge in [0, 0.05) is 12.2 Å². The predicted octanol–water partition coefficient (Wildman–Crippen LogP) is 2.82. The Morgan fingerprint density at radius 3 is 3.04 bits per heavy atom. The number of fused-ring (bicyclic) bond motifs is 2. The van der Waals surface area contributed by atoms with Gasteiger partial charge in [0.1, 0.15) is 0 Å². The van der Waals surface area contributed by atoms with Crippen LogP contribution in [0.5, 0.6) is 0 Å². The van der Waals surface area contributed by atoms with Gasteiger partial charge in [0.25, 0.3) is 0 Å². The first-order valence-electron chi connectivity index (χ1n) is 8.74. The van der Waals surface area contributed by atoms with Gasteiger partial charge in [0.2, 0.25) is 17.6 Å². The van der Waals surface area contributed by atoms with E-state index < -0.39 is 5.41 Å². The Balaban J connectivity index is 1.38. The molecule has 1 amide bonds. The second-order valence-corrected chi connectivity index (χ2v) is 6.89. The molecule has 1 saturated heterocycles. The zero-order valence-corrected chi connectivity index (χ0v) is 14.1. The third kappa shape index (κ3) is 2.35. The largest absolute Gasteiger partial charge is 0.461 e. The third-order valence-electron chi connectivity index (χ3n) is 5.27. The predicted molar refractivity (Wildman–Crippen MR) is 93.3 cm³/mol. The number of likely N-dealkylation sites (tertiary alicyclic amines) is 1. The summed E-state index contributed by atoms with van der Waals surface area (Å²) < 4.78 is 10.7. The Morgan fingerprint density at radius 2 is 2.15 bits per heavy atom. The zero-order valence-electron chi connectivity index (χ0n) is 14.1. The summed E-state index contributed by atoms with van der Waals surface area (Å²) in [6.45, 7) is 2.06. The van der Waals surface area contributed by atoms with Crippen molar-refractivity contribution in [1.82, 2.24) is 15.0 Å². The normalized spacial score (nSPS) is 22.5. The fourth-order valence-corrected chi connectivity index (χ4v) is 4.07. The Hall–Kier alpha value is -2.93. The van der Waals surface area contributed by atoms with Crippen LogP contribution in [0, 0.1) is 0 Å². The lowest BCUT2D eigenvalue weighted by Crippen LogP contribution is -2.49. The van der Waals surface area contributed by atoms with Gasteiger partial charge in [-0.1, -0.05) is 23.4 Å². The van der Waals surface area contributed by atoms with E-state index >= 15 is 0 Å². The number of benzene rings is 1. The molecule has 1 aromatic carbocycles. The maximum Gasteiger partial charge on any atom is 0.241 e. The number of hydrogen-bond donors (Lipinski definition) is 1. The molecule has 2 aliphatic rings. The fourth-order valence-electron chi connectivity index (χ4n) is 4.07. The van der Waals surface area contributed by atoms with Crippen LogP contribution >= 0.6 is 0 Å². The number of nitrogens with one attached hydrogen (secondary N) is 1. The number of anilines is 1. The molecule has 132 valence electrons. The number of amides is 1. The quantitative estimate of drug-likeness (QED) is 0.782. The van der Waals surface area contributed by atoms with Crippen LogP contribution in [0.1, 0.15) is 24.3 Å². The highest BCUT2D eigenvalue weighted by atomic mass is 16.5. The first kappa shape index (κ1) is 15.3. The molecule has 1 unspecified atom stereocenters. The van der Waals surface area contributed by atoms with Crippen LogP contribution in [0.4, 0.5) is 5.69 Å². The van der Waals surface area contributed by atoms with Crippen molar-refractivity contribution in [3.63, 3.8) is 0 Å². The number of nitrogens with zero attached hydrogens (tertiary/aromatic N) is 3. The van der Waals surface area contributed by atoms with E-state index in [9.17, 15) is 4.79 Å². The molecule has 5 rings (SSSR count). The summed E-state index contributed by atoms with van der Waals surface area (Å²) in [5, 5.41) is 7.01. The minimum Gasteiger partial charge on any atom is -0.461 e. The number of hydrogen-bond acceptors (Lipinski definition) is 6. The second kappa shape index (κ2) is 5.81. The number of para-hydroxylation sites is 1. The van der Waals surface area contributed by atoms with Crippen LogP contribution in [0.3, 0.4) is 0 Å². The lowest BCUT2D eigenvalue weighted by atomic mass is 9.75. The van der Waals surface area contributed by atoms with Crippen LogP contribution in [-0.4, -0.2) is 34.0 Å². The van der Waals surface area contributed by atoms with E-state index in [-0.39, 0.29) is 5.91 Å². The maximum absolute atomic E-state index is 12.8. The van der Waals surface area contributed by atoms with Crippen molar-refractivity contribution in [2.45, 2.75) is 24.8 Å². The number of rotatable bonds is 3. The molecule has 7 heteroatoms. The van der Waals surface area contributed by atoms with Gasteiger partial charge in [-0.3, -0.25) is 9.69 Å². The van der Waals surface area contributed by atoms with E-state index in [1.165, 1.54) is 0 Å². The molecule has 0 bridgehead atoms. The standard InChI is InChI=1S/C19H18N4O3/c24-18-19(13-5-1-2-6-14(13)20-18)8-4-9-23(12-19)11-16-21-17(22-26-16)15-7-3-10-25-15/h1-3,5-7,10H,4,8-9,11-12H2,(H,20,24). The Bertz CT molecular complexity index is 949. The van der Waals surface area contributed by atoms with E-state index in [0.29, 0.717) is 30.6 Å². The van der Waals surface area contributed by atoms with E-state index in [2.05, 4.69) is 26.4 Å². The van der Waals surface area contributed by atoms with Crippen LogP contribution < -0.4 is 5.32 Å². The highest BCUT2D eigenvalue weighted by molar-refractivity contribution is 6.06. The summed E-state index contributed by atoms with van der Waals surface area (Å²) in [5.74, 6) is 1.64. The van der Waals surface area contributed by atoms with Crippen molar-refractivity contribution in [3.05, 3.63) is 54.1 Å². The van der Waals surface area contributed by atoms with Crippen molar-refractivity contribution in [2.75, 3.05) is 18.4 Å². The molecule has 1 N–H and O–H groups in total. The topological polar surface area (TPSA) is 84.4 Å². The lowest BCUT2D eigenvalue weighted by Gasteiger charge is -2.38. The number of furan rings is 1. The number of carbonyl (C=O) groups excluding carboxylic acids is 1. The first-order chi connectivity index (χ1) is 12.7. The molecule has 0 radical (unpaired) electrons. The third-order valence-corrected chi connectivity index (χ3v) is 5.27. The first-order valence-corrected chi connectivity index (χ1v) is 8.74. The van der Waals surface area contributed by atoms with Gasteiger partial charge in [-0.2, -0.15) is 4.98 Å². The van der Waals surface area contributed by atoms with E-state index in [0.717, 1.165) is 30.6 Å².